The van der Waals surface area contributed by atoms with Crippen LogP contribution in [0, 0.1) is 5.92 Å². The molecule has 0 spiro atoms. The van der Waals surface area contributed by atoms with Crippen molar-refractivity contribution in [2.75, 3.05) is 19.7 Å². The summed E-state index contributed by atoms with van der Waals surface area (Å²) in [6, 6.07) is 10.4. The van der Waals surface area contributed by atoms with Crippen LogP contribution in [0.5, 0.6) is 0 Å². The van der Waals surface area contributed by atoms with Gasteiger partial charge in [0.25, 0.3) is 0 Å². The molecule has 1 saturated heterocycles. The van der Waals surface area contributed by atoms with Gasteiger partial charge >= 0.3 is 6.03 Å². The zero-order chi connectivity index (χ0) is 16.8. The minimum absolute atomic E-state index is 0.0435. The average Bonchev–Trinajstić information content (AvgIpc) is 3.07. The number of benzene rings is 1. The summed E-state index contributed by atoms with van der Waals surface area (Å²) in [6.45, 7) is 2.92. The highest BCUT2D eigenvalue weighted by atomic mass is 16.5. The van der Waals surface area contributed by atoms with Gasteiger partial charge in [0, 0.05) is 25.0 Å². The van der Waals surface area contributed by atoms with Crippen molar-refractivity contribution in [2.45, 2.75) is 50.9 Å². The fraction of sp³-hybridized carbons (Fsp3) is 0.632. The molecule has 5 nitrogen and oxygen atoms in total. The van der Waals surface area contributed by atoms with Crippen LogP contribution in [0.4, 0.5) is 4.79 Å². The predicted octanol–water partition coefficient (Wildman–Crippen LogP) is 2.54. The van der Waals surface area contributed by atoms with Gasteiger partial charge in [-0.1, -0.05) is 30.3 Å². The number of urea groups is 1. The molecular formula is C19H28N2O3. The van der Waals surface area contributed by atoms with Gasteiger partial charge in [-0.05, 0) is 37.7 Å². The van der Waals surface area contributed by atoms with E-state index >= 15 is 0 Å². The number of nitrogens with one attached hydrogen (secondary N) is 1. The summed E-state index contributed by atoms with van der Waals surface area (Å²) in [5.41, 5.74) is 1.18. The summed E-state index contributed by atoms with van der Waals surface area (Å²) >= 11 is 0. The van der Waals surface area contributed by atoms with Crippen LogP contribution in [0.3, 0.4) is 0 Å². The molecule has 1 aliphatic carbocycles. The molecule has 2 aliphatic rings. The van der Waals surface area contributed by atoms with E-state index in [1.54, 1.807) is 0 Å². The van der Waals surface area contributed by atoms with E-state index in [9.17, 15) is 9.90 Å². The largest absolute Gasteiger partial charge is 0.393 e. The Morgan fingerprint density at radius 1 is 1.17 bits per heavy atom. The van der Waals surface area contributed by atoms with Crippen molar-refractivity contribution in [3.8, 4) is 0 Å². The summed E-state index contributed by atoms with van der Waals surface area (Å²) in [5, 5.41) is 12.7. The van der Waals surface area contributed by atoms with Crippen molar-refractivity contribution in [3.05, 3.63) is 35.9 Å². The van der Waals surface area contributed by atoms with Gasteiger partial charge < -0.3 is 20.1 Å². The van der Waals surface area contributed by atoms with Gasteiger partial charge in [-0.3, -0.25) is 0 Å². The van der Waals surface area contributed by atoms with E-state index in [4.69, 9.17) is 4.74 Å². The second-order valence-corrected chi connectivity index (χ2v) is 7.06. The Bertz CT molecular complexity index is 515. The monoisotopic (exact) mass is 332 g/mol. The molecule has 0 aromatic heterocycles. The number of aliphatic hydroxyl groups is 1. The smallest absolute Gasteiger partial charge is 0.317 e. The van der Waals surface area contributed by atoms with Crippen LogP contribution in [0.15, 0.2) is 30.3 Å². The number of rotatable bonds is 5. The zero-order valence-electron chi connectivity index (χ0n) is 14.2. The molecule has 132 valence electrons. The van der Waals surface area contributed by atoms with Crippen LogP contribution in [-0.2, 0) is 11.3 Å². The summed E-state index contributed by atoms with van der Waals surface area (Å²) < 4.78 is 5.81. The number of ether oxygens (including phenoxy) is 1. The first-order chi connectivity index (χ1) is 11.7. The number of hydrogen-bond acceptors (Lipinski definition) is 3. The first-order valence-corrected chi connectivity index (χ1v) is 9.06. The molecule has 0 bridgehead atoms. The number of likely N-dealkylation sites (tertiary alicyclic amines) is 1. The number of amides is 2. The second kappa shape index (κ2) is 8.49. The van der Waals surface area contributed by atoms with E-state index in [1.165, 1.54) is 5.56 Å². The fourth-order valence-corrected chi connectivity index (χ4v) is 3.56. The minimum atomic E-state index is -0.184. The number of hydrogen-bond donors (Lipinski definition) is 2. The summed E-state index contributed by atoms with van der Waals surface area (Å²) in [4.78, 5) is 14.3. The number of aliphatic hydroxyl groups excluding tert-OH is 1. The predicted molar refractivity (Wildman–Crippen MR) is 92.6 cm³/mol. The SMILES string of the molecule is O=C(NC1CCC(O)CC1)N1CCC(COCc2ccccc2)C1. The third kappa shape index (κ3) is 4.95. The van der Waals surface area contributed by atoms with Crippen LogP contribution >= 0.6 is 0 Å². The standard InChI is InChI=1S/C19H28N2O3/c22-18-8-6-17(7-9-18)20-19(23)21-11-10-16(12-21)14-24-13-15-4-2-1-3-5-15/h1-5,16-18,22H,6-14H2,(H,20,23). The Kier molecular flexibility index (Phi) is 6.10. The van der Waals surface area contributed by atoms with E-state index in [1.807, 2.05) is 23.1 Å². The molecule has 1 heterocycles. The number of nitrogens with zero attached hydrogens (tertiary/aromatic N) is 1. The van der Waals surface area contributed by atoms with Crippen LogP contribution in [0.2, 0.25) is 0 Å². The van der Waals surface area contributed by atoms with Crippen molar-refractivity contribution in [2.24, 2.45) is 5.92 Å². The molecular weight excluding hydrogens is 304 g/mol. The Morgan fingerprint density at radius 3 is 2.67 bits per heavy atom. The number of carbonyl (C=O) groups excluding carboxylic acids is 1. The lowest BCUT2D eigenvalue weighted by Crippen LogP contribution is -2.45. The first-order valence-electron chi connectivity index (χ1n) is 9.06. The van der Waals surface area contributed by atoms with Crippen molar-refractivity contribution in [1.29, 1.82) is 0 Å². The minimum Gasteiger partial charge on any atom is -0.393 e. The van der Waals surface area contributed by atoms with Gasteiger partial charge in [-0.25, -0.2) is 4.79 Å². The van der Waals surface area contributed by atoms with Gasteiger partial charge in [-0.15, -0.1) is 0 Å². The molecule has 1 saturated carbocycles. The lowest BCUT2D eigenvalue weighted by atomic mass is 9.93. The van der Waals surface area contributed by atoms with Crippen molar-refractivity contribution in [3.63, 3.8) is 0 Å². The van der Waals surface area contributed by atoms with Gasteiger partial charge in [-0.2, -0.15) is 0 Å². The van der Waals surface area contributed by atoms with E-state index in [0.717, 1.165) is 45.2 Å². The van der Waals surface area contributed by atoms with E-state index < -0.39 is 0 Å². The molecule has 5 heteroatoms. The van der Waals surface area contributed by atoms with Crippen LogP contribution in [-0.4, -0.2) is 47.9 Å². The highest BCUT2D eigenvalue weighted by Gasteiger charge is 2.28. The average molecular weight is 332 g/mol. The molecule has 3 rings (SSSR count). The molecule has 1 aromatic carbocycles. The topological polar surface area (TPSA) is 61.8 Å². The Balaban J connectivity index is 1.35. The lowest BCUT2D eigenvalue weighted by molar-refractivity contribution is 0.0893. The van der Waals surface area contributed by atoms with Gasteiger partial charge in [0.1, 0.15) is 0 Å². The van der Waals surface area contributed by atoms with Crippen LogP contribution in [0.25, 0.3) is 0 Å². The van der Waals surface area contributed by atoms with Crippen LogP contribution < -0.4 is 5.32 Å². The molecule has 1 unspecified atom stereocenters. The lowest BCUT2D eigenvalue weighted by Gasteiger charge is -2.28. The Labute approximate surface area is 144 Å². The molecule has 0 radical (unpaired) electrons. The van der Waals surface area contributed by atoms with E-state index in [2.05, 4.69) is 17.4 Å². The summed E-state index contributed by atoms with van der Waals surface area (Å²) in [5.74, 6) is 0.424. The maximum absolute atomic E-state index is 12.3. The Hall–Kier alpha value is -1.59. The maximum atomic E-state index is 12.3. The third-order valence-electron chi connectivity index (χ3n) is 5.06. The maximum Gasteiger partial charge on any atom is 0.317 e. The first kappa shape index (κ1) is 17.2. The fourth-order valence-electron chi connectivity index (χ4n) is 3.56. The Morgan fingerprint density at radius 2 is 1.92 bits per heavy atom. The number of carbonyl (C=O) groups is 1. The van der Waals surface area contributed by atoms with Gasteiger partial charge in [0.2, 0.25) is 0 Å². The molecule has 2 amide bonds. The van der Waals surface area contributed by atoms with Crippen LogP contribution in [0.1, 0.15) is 37.7 Å². The van der Waals surface area contributed by atoms with Crippen molar-refractivity contribution >= 4 is 6.03 Å². The van der Waals surface area contributed by atoms with E-state index in [0.29, 0.717) is 19.1 Å². The quantitative estimate of drug-likeness (QED) is 0.871. The molecule has 1 aromatic rings. The summed E-state index contributed by atoms with van der Waals surface area (Å²) in [7, 11) is 0. The van der Waals surface area contributed by atoms with Gasteiger partial charge in [0.15, 0.2) is 0 Å². The van der Waals surface area contributed by atoms with E-state index in [-0.39, 0.29) is 18.2 Å². The second-order valence-electron chi connectivity index (χ2n) is 7.06. The highest BCUT2D eigenvalue weighted by Crippen LogP contribution is 2.20. The zero-order valence-corrected chi connectivity index (χ0v) is 14.2. The molecule has 1 aliphatic heterocycles. The third-order valence-corrected chi connectivity index (χ3v) is 5.06. The normalized spacial score (nSPS) is 27.2. The molecule has 2 fully saturated rings. The van der Waals surface area contributed by atoms with Crippen molar-refractivity contribution in [1.82, 2.24) is 10.2 Å². The summed E-state index contributed by atoms with van der Waals surface area (Å²) in [6.07, 6.45) is 4.17. The van der Waals surface area contributed by atoms with Crippen molar-refractivity contribution < 1.29 is 14.6 Å². The molecule has 1 atom stereocenters. The molecule has 2 N–H and O–H groups in total. The highest BCUT2D eigenvalue weighted by molar-refractivity contribution is 5.74. The van der Waals surface area contributed by atoms with Gasteiger partial charge in [0.05, 0.1) is 19.3 Å². The molecule has 24 heavy (non-hydrogen) atoms.